The van der Waals surface area contributed by atoms with E-state index in [1.54, 1.807) is 13.3 Å². The molecule has 1 aliphatic rings. The highest BCUT2D eigenvalue weighted by Gasteiger charge is 2.30. The van der Waals surface area contributed by atoms with Crippen LogP contribution in [0.5, 0.6) is 5.75 Å². The van der Waals surface area contributed by atoms with E-state index in [0.29, 0.717) is 23.6 Å². The second kappa shape index (κ2) is 8.82. The van der Waals surface area contributed by atoms with Gasteiger partial charge in [0.25, 0.3) is 5.91 Å². The van der Waals surface area contributed by atoms with Gasteiger partial charge >= 0.3 is 0 Å². The predicted molar refractivity (Wildman–Crippen MR) is 115 cm³/mol. The van der Waals surface area contributed by atoms with Gasteiger partial charge in [0.15, 0.2) is 11.7 Å². The zero-order valence-corrected chi connectivity index (χ0v) is 17.9. The highest BCUT2D eigenvalue weighted by Crippen LogP contribution is 2.29. The van der Waals surface area contributed by atoms with E-state index in [1.165, 1.54) is 0 Å². The van der Waals surface area contributed by atoms with Crippen molar-refractivity contribution in [3.63, 3.8) is 0 Å². The number of benzene rings is 2. The van der Waals surface area contributed by atoms with Crippen LogP contribution in [0.3, 0.4) is 0 Å². The normalized spacial score (nSPS) is 16.6. The van der Waals surface area contributed by atoms with E-state index in [9.17, 15) is 4.79 Å². The lowest BCUT2D eigenvalue weighted by Gasteiger charge is -2.35. The van der Waals surface area contributed by atoms with Crippen molar-refractivity contribution in [2.75, 3.05) is 13.7 Å². The van der Waals surface area contributed by atoms with Crippen molar-refractivity contribution in [1.29, 1.82) is 0 Å². The van der Waals surface area contributed by atoms with Crippen molar-refractivity contribution in [3.05, 3.63) is 70.7 Å². The predicted octanol–water partition coefficient (Wildman–Crippen LogP) is 5.35. The molecule has 150 valence electrons. The first-order valence-corrected chi connectivity index (χ1v) is 10.6. The van der Waals surface area contributed by atoms with Crippen LogP contribution >= 0.6 is 15.9 Å². The number of hydrogen-bond donors (Lipinski definition) is 0. The van der Waals surface area contributed by atoms with Crippen molar-refractivity contribution < 1.29 is 13.9 Å². The average Bonchev–Trinajstić information content (AvgIpc) is 3.23. The first-order chi connectivity index (χ1) is 14.2. The van der Waals surface area contributed by atoms with E-state index in [-0.39, 0.29) is 11.9 Å². The molecule has 0 N–H and O–H groups in total. The Morgan fingerprint density at radius 2 is 2.07 bits per heavy atom. The molecule has 5 nitrogen and oxygen atoms in total. The lowest BCUT2D eigenvalue weighted by atomic mass is 9.98. The van der Waals surface area contributed by atoms with E-state index in [0.717, 1.165) is 41.6 Å². The van der Waals surface area contributed by atoms with E-state index in [2.05, 4.69) is 20.9 Å². The van der Waals surface area contributed by atoms with Gasteiger partial charge in [0.05, 0.1) is 18.9 Å². The lowest BCUT2D eigenvalue weighted by Crippen LogP contribution is -2.45. The third-order valence-corrected chi connectivity index (χ3v) is 5.80. The van der Waals surface area contributed by atoms with E-state index in [4.69, 9.17) is 9.15 Å². The number of likely N-dealkylation sites (tertiary alicyclic amines) is 1. The molecule has 0 spiro atoms. The van der Waals surface area contributed by atoms with Gasteiger partial charge in [-0.25, -0.2) is 4.98 Å². The first-order valence-electron chi connectivity index (χ1n) is 9.80. The van der Waals surface area contributed by atoms with E-state index in [1.807, 2.05) is 53.4 Å². The second-order valence-electron chi connectivity index (χ2n) is 7.18. The molecule has 1 unspecified atom stereocenters. The molecule has 1 aliphatic heterocycles. The summed E-state index contributed by atoms with van der Waals surface area (Å²) in [6.45, 7) is 0.728. The van der Waals surface area contributed by atoms with Crippen molar-refractivity contribution in [2.24, 2.45) is 0 Å². The summed E-state index contributed by atoms with van der Waals surface area (Å²) in [5, 5.41) is 0. The summed E-state index contributed by atoms with van der Waals surface area (Å²) < 4.78 is 12.3. The standard InChI is InChI=1S/C23H23BrN2O3/c1-28-20-11-10-17(24)13-19(20)23(27)26-12-6-5-9-18(26)14-22-25-15-21(29-22)16-7-3-2-4-8-16/h2-4,7-8,10-11,13,15,18H,5-6,9,12,14H2,1H3. The number of piperidine rings is 1. The third-order valence-electron chi connectivity index (χ3n) is 5.30. The summed E-state index contributed by atoms with van der Waals surface area (Å²) in [7, 11) is 1.59. The van der Waals surface area contributed by atoms with Gasteiger partial charge in [0, 0.05) is 29.0 Å². The van der Waals surface area contributed by atoms with Gasteiger partial charge < -0.3 is 14.1 Å². The number of methoxy groups -OCH3 is 1. The fourth-order valence-corrected chi connectivity index (χ4v) is 4.19. The van der Waals surface area contributed by atoms with Gasteiger partial charge in [-0.15, -0.1) is 0 Å². The molecule has 0 saturated carbocycles. The first kappa shape index (κ1) is 19.7. The molecule has 2 aromatic carbocycles. The van der Waals surface area contributed by atoms with Gasteiger partial charge in [0.1, 0.15) is 5.75 Å². The molecule has 0 aliphatic carbocycles. The number of amides is 1. The van der Waals surface area contributed by atoms with Crippen molar-refractivity contribution in [3.8, 4) is 17.1 Å². The molecule has 1 aromatic heterocycles. The smallest absolute Gasteiger partial charge is 0.257 e. The Balaban J connectivity index is 1.55. The number of carbonyl (C=O) groups is 1. The van der Waals surface area contributed by atoms with Gasteiger partial charge in [-0.3, -0.25) is 4.79 Å². The Morgan fingerprint density at radius 3 is 2.86 bits per heavy atom. The second-order valence-corrected chi connectivity index (χ2v) is 8.10. The Labute approximate surface area is 178 Å². The molecule has 4 rings (SSSR count). The van der Waals surface area contributed by atoms with Crippen LogP contribution < -0.4 is 4.74 Å². The number of oxazole rings is 1. The molecule has 1 fully saturated rings. The van der Waals surface area contributed by atoms with Crippen molar-refractivity contribution in [1.82, 2.24) is 9.88 Å². The summed E-state index contributed by atoms with van der Waals surface area (Å²) in [4.78, 5) is 19.7. The third kappa shape index (κ3) is 4.37. The van der Waals surface area contributed by atoms with Gasteiger partial charge in [-0.05, 0) is 37.5 Å². The summed E-state index contributed by atoms with van der Waals surface area (Å²) in [6, 6.07) is 15.5. The number of aromatic nitrogens is 1. The fraction of sp³-hybridized carbons (Fsp3) is 0.304. The molecule has 29 heavy (non-hydrogen) atoms. The lowest BCUT2D eigenvalue weighted by molar-refractivity contribution is 0.0602. The zero-order chi connectivity index (χ0) is 20.2. The highest BCUT2D eigenvalue weighted by molar-refractivity contribution is 9.10. The molecule has 1 saturated heterocycles. The molecular formula is C23H23BrN2O3. The van der Waals surface area contributed by atoms with Crippen LogP contribution in [-0.4, -0.2) is 35.5 Å². The largest absolute Gasteiger partial charge is 0.496 e. The molecular weight excluding hydrogens is 432 g/mol. The van der Waals surface area contributed by atoms with Crippen molar-refractivity contribution >= 4 is 21.8 Å². The molecule has 1 atom stereocenters. The number of ether oxygens (including phenoxy) is 1. The molecule has 6 heteroatoms. The number of nitrogens with zero attached hydrogens (tertiary/aromatic N) is 2. The maximum absolute atomic E-state index is 13.3. The monoisotopic (exact) mass is 454 g/mol. The molecule has 1 amide bonds. The fourth-order valence-electron chi connectivity index (χ4n) is 3.82. The summed E-state index contributed by atoms with van der Waals surface area (Å²) in [6.07, 6.45) is 5.40. The average molecular weight is 455 g/mol. The van der Waals surface area contributed by atoms with Crippen molar-refractivity contribution in [2.45, 2.75) is 31.7 Å². The van der Waals surface area contributed by atoms with Crippen LogP contribution in [0.15, 0.2) is 63.6 Å². The topological polar surface area (TPSA) is 55.6 Å². The summed E-state index contributed by atoms with van der Waals surface area (Å²) in [5.74, 6) is 1.99. The molecule has 0 bridgehead atoms. The minimum absolute atomic E-state index is 0.0114. The molecule has 3 aromatic rings. The Morgan fingerprint density at radius 1 is 1.24 bits per heavy atom. The van der Waals surface area contributed by atoms with Crippen LogP contribution in [0.25, 0.3) is 11.3 Å². The quantitative estimate of drug-likeness (QED) is 0.521. The minimum atomic E-state index is -0.0114. The summed E-state index contributed by atoms with van der Waals surface area (Å²) in [5.41, 5.74) is 1.58. The Hall–Kier alpha value is -2.60. The SMILES string of the molecule is COc1ccc(Br)cc1C(=O)N1CCCCC1Cc1ncc(-c2ccccc2)o1. The maximum Gasteiger partial charge on any atom is 0.257 e. The van der Waals surface area contributed by atoms with Crippen LogP contribution in [0.4, 0.5) is 0 Å². The number of rotatable bonds is 5. The van der Waals surface area contributed by atoms with E-state index >= 15 is 0 Å². The summed E-state index contributed by atoms with van der Waals surface area (Å²) >= 11 is 3.46. The maximum atomic E-state index is 13.3. The Bertz CT molecular complexity index is 987. The number of halogens is 1. The van der Waals surface area contributed by atoms with Gasteiger partial charge in [-0.1, -0.05) is 46.3 Å². The van der Waals surface area contributed by atoms with Crippen LogP contribution in [-0.2, 0) is 6.42 Å². The van der Waals surface area contributed by atoms with Gasteiger partial charge in [0.2, 0.25) is 0 Å². The molecule has 0 radical (unpaired) electrons. The molecule has 2 heterocycles. The van der Waals surface area contributed by atoms with Gasteiger partial charge in [-0.2, -0.15) is 0 Å². The minimum Gasteiger partial charge on any atom is -0.496 e. The van der Waals surface area contributed by atoms with E-state index < -0.39 is 0 Å². The number of hydrogen-bond acceptors (Lipinski definition) is 4. The zero-order valence-electron chi connectivity index (χ0n) is 16.3. The van der Waals surface area contributed by atoms with Crippen LogP contribution in [0.1, 0.15) is 35.5 Å². The van der Waals surface area contributed by atoms with Crippen LogP contribution in [0, 0.1) is 0 Å². The Kier molecular flexibility index (Phi) is 6.00. The van der Waals surface area contributed by atoms with Crippen LogP contribution in [0.2, 0.25) is 0 Å². The highest BCUT2D eigenvalue weighted by atomic mass is 79.9. The number of carbonyl (C=O) groups excluding carboxylic acids is 1.